The van der Waals surface area contributed by atoms with Crippen molar-refractivity contribution in [2.24, 2.45) is 5.73 Å². The molecule has 0 aliphatic heterocycles. The van der Waals surface area contributed by atoms with E-state index in [-0.39, 0.29) is 12.1 Å². The second-order valence-corrected chi connectivity index (χ2v) is 4.45. The zero-order chi connectivity index (χ0) is 11.4. The van der Waals surface area contributed by atoms with Crippen molar-refractivity contribution in [2.45, 2.75) is 26.0 Å². The van der Waals surface area contributed by atoms with Crippen molar-refractivity contribution in [3.8, 4) is 5.75 Å². The summed E-state index contributed by atoms with van der Waals surface area (Å²) in [6.45, 7) is 7.57. The van der Waals surface area contributed by atoms with Crippen LogP contribution in [0.5, 0.6) is 5.75 Å². The summed E-state index contributed by atoms with van der Waals surface area (Å²) in [4.78, 5) is 0. The van der Waals surface area contributed by atoms with E-state index < -0.39 is 0 Å². The van der Waals surface area contributed by atoms with E-state index in [4.69, 9.17) is 10.5 Å². The first-order valence-corrected chi connectivity index (χ1v) is 5.68. The highest BCUT2D eigenvalue weighted by atomic mass is 79.9. The van der Waals surface area contributed by atoms with E-state index >= 15 is 0 Å². The molecule has 0 radical (unpaired) electrons. The number of halogens is 1. The van der Waals surface area contributed by atoms with Crippen molar-refractivity contribution in [3.63, 3.8) is 0 Å². The standard InChI is InChI=1S/C12H16BrNO/c1-4-8(2)15-12-6-5-10(13)7-11(12)9(3)14/h4-9H,1,14H2,2-3H3/t8?,9-/m0/s1. The summed E-state index contributed by atoms with van der Waals surface area (Å²) in [6.07, 6.45) is 1.75. The van der Waals surface area contributed by atoms with Gasteiger partial charge < -0.3 is 10.5 Å². The molecule has 2 atom stereocenters. The molecule has 1 aromatic carbocycles. The Bertz CT molecular complexity index is 349. The third-order valence-electron chi connectivity index (χ3n) is 2.11. The minimum Gasteiger partial charge on any atom is -0.486 e. The van der Waals surface area contributed by atoms with E-state index in [0.717, 1.165) is 15.8 Å². The van der Waals surface area contributed by atoms with Crippen LogP contribution in [0.4, 0.5) is 0 Å². The van der Waals surface area contributed by atoms with Gasteiger partial charge in [0, 0.05) is 16.1 Å². The molecule has 0 heterocycles. The predicted molar refractivity (Wildman–Crippen MR) is 67.0 cm³/mol. The molecule has 0 bridgehead atoms. The molecule has 0 aliphatic carbocycles. The third-order valence-corrected chi connectivity index (χ3v) is 2.60. The maximum Gasteiger partial charge on any atom is 0.125 e. The lowest BCUT2D eigenvalue weighted by molar-refractivity contribution is 0.266. The Hall–Kier alpha value is -0.800. The molecule has 0 spiro atoms. The summed E-state index contributed by atoms with van der Waals surface area (Å²) in [5.41, 5.74) is 6.87. The number of ether oxygens (including phenoxy) is 1. The molecule has 0 amide bonds. The fraction of sp³-hybridized carbons (Fsp3) is 0.333. The van der Waals surface area contributed by atoms with Gasteiger partial charge in [0.25, 0.3) is 0 Å². The van der Waals surface area contributed by atoms with E-state index in [1.165, 1.54) is 0 Å². The highest BCUT2D eigenvalue weighted by Crippen LogP contribution is 2.28. The largest absolute Gasteiger partial charge is 0.486 e. The van der Waals surface area contributed by atoms with Crippen molar-refractivity contribution in [2.75, 3.05) is 0 Å². The monoisotopic (exact) mass is 269 g/mol. The molecule has 3 heteroatoms. The SMILES string of the molecule is C=CC(C)Oc1ccc(Br)cc1[C@H](C)N. The number of hydrogen-bond donors (Lipinski definition) is 1. The number of rotatable bonds is 4. The van der Waals surface area contributed by atoms with Crippen molar-refractivity contribution in [1.29, 1.82) is 0 Å². The third kappa shape index (κ3) is 3.36. The van der Waals surface area contributed by atoms with Gasteiger partial charge in [0.15, 0.2) is 0 Å². The van der Waals surface area contributed by atoms with E-state index in [9.17, 15) is 0 Å². The van der Waals surface area contributed by atoms with Crippen LogP contribution in [0, 0.1) is 0 Å². The number of benzene rings is 1. The Kier molecular flexibility index (Phi) is 4.36. The lowest BCUT2D eigenvalue weighted by atomic mass is 10.1. The lowest BCUT2D eigenvalue weighted by Gasteiger charge is -2.17. The molecule has 15 heavy (non-hydrogen) atoms. The smallest absolute Gasteiger partial charge is 0.125 e. The maximum absolute atomic E-state index is 5.87. The lowest BCUT2D eigenvalue weighted by Crippen LogP contribution is -2.12. The van der Waals surface area contributed by atoms with E-state index in [1.54, 1.807) is 6.08 Å². The quantitative estimate of drug-likeness (QED) is 0.851. The highest BCUT2D eigenvalue weighted by Gasteiger charge is 2.10. The van der Waals surface area contributed by atoms with Gasteiger partial charge in [0.2, 0.25) is 0 Å². The molecular formula is C12H16BrNO. The van der Waals surface area contributed by atoms with Crippen LogP contribution in [0.1, 0.15) is 25.5 Å². The Morgan fingerprint density at radius 3 is 2.67 bits per heavy atom. The van der Waals surface area contributed by atoms with Crippen LogP contribution >= 0.6 is 15.9 Å². The van der Waals surface area contributed by atoms with Crippen molar-refractivity contribution in [3.05, 3.63) is 40.9 Å². The Morgan fingerprint density at radius 2 is 2.13 bits per heavy atom. The summed E-state index contributed by atoms with van der Waals surface area (Å²) < 4.78 is 6.70. The maximum atomic E-state index is 5.87. The Morgan fingerprint density at radius 1 is 1.47 bits per heavy atom. The Labute approximate surface area is 99.3 Å². The summed E-state index contributed by atoms with van der Waals surface area (Å²) in [6, 6.07) is 5.80. The van der Waals surface area contributed by atoms with Crippen LogP contribution in [0.2, 0.25) is 0 Å². The van der Waals surface area contributed by atoms with Crippen LogP contribution < -0.4 is 10.5 Å². The van der Waals surface area contributed by atoms with E-state index in [1.807, 2.05) is 32.0 Å². The topological polar surface area (TPSA) is 35.2 Å². The van der Waals surface area contributed by atoms with Gasteiger partial charge in [-0.15, -0.1) is 0 Å². The molecular weight excluding hydrogens is 254 g/mol. The molecule has 82 valence electrons. The van der Waals surface area contributed by atoms with Gasteiger partial charge in [0.1, 0.15) is 11.9 Å². The molecule has 2 nitrogen and oxygen atoms in total. The average molecular weight is 270 g/mol. The average Bonchev–Trinajstić information content (AvgIpc) is 2.20. The predicted octanol–water partition coefficient (Wildman–Crippen LogP) is 3.42. The molecule has 2 N–H and O–H groups in total. The molecule has 1 unspecified atom stereocenters. The van der Waals surface area contributed by atoms with Gasteiger partial charge in [-0.1, -0.05) is 28.6 Å². The second-order valence-electron chi connectivity index (χ2n) is 3.53. The summed E-state index contributed by atoms with van der Waals surface area (Å²) in [7, 11) is 0. The van der Waals surface area contributed by atoms with Gasteiger partial charge in [-0.05, 0) is 32.0 Å². The van der Waals surface area contributed by atoms with Crippen molar-refractivity contribution in [1.82, 2.24) is 0 Å². The number of nitrogens with two attached hydrogens (primary N) is 1. The first kappa shape index (κ1) is 12.3. The molecule has 1 aromatic rings. The molecule has 0 aliphatic rings. The van der Waals surface area contributed by atoms with E-state index in [2.05, 4.69) is 22.5 Å². The minimum absolute atomic E-state index is 0.0105. The molecule has 0 saturated heterocycles. The zero-order valence-electron chi connectivity index (χ0n) is 9.03. The molecule has 0 aromatic heterocycles. The van der Waals surface area contributed by atoms with Crippen molar-refractivity contribution < 1.29 is 4.74 Å². The number of hydrogen-bond acceptors (Lipinski definition) is 2. The van der Waals surface area contributed by atoms with Crippen LogP contribution in [-0.4, -0.2) is 6.10 Å². The molecule has 0 fully saturated rings. The van der Waals surface area contributed by atoms with Crippen molar-refractivity contribution >= 4 is 15.9 Å². The van der Waals surface area contributed by atoms with Crippen LogP contribution in [0.3, 0.4) is 0 Å². The van der Waals surface area contributed by atoms with Crippen LogP contribution in [-0.2, 0) is 0 Å². The fourth-order valence-corrected chi connectivity index (χ4v) is 1.61. The summed E-state index contributed by atoms with van der Waals surface area (Å²) >= 11 is 3.42. The molecule has 1 rings (SSSR count). The van der Waals surface area contributed by atoms with Gasteiger partial charge in [-0.2, -0.15) is 0 Å². The fourth-order valence-electron chi connectivity index (χ4n) is 1.23. The first-order chi connectivity index (χ1) is 7.04. The normalized spacial score (nSPS) is 14.4. The van der Waals surface area contributed by atoms with Gasteiger partial charge in [-0.25, -0.2) is 0 Å². The van der Waals surface area contributed by atoms with Gasteiger partial charge >= 0.3 is 0 Å². The van der Waals surface area contributed by atoms with Crippen LogP contribution in [0.15, 0.2) is 35.3 Å². The van der Waals surface area contributed by atoms with Crippen LogP contribution in [0.25, 0.3) is 0 Å². The highest BCUT2D eigenvalue weighted by molar-refractivity contribution is 9.10. The van der Waals surface area contributed by atoms with Gasteiger partial charge in [-0.3, -0.25) is 0 Å². The first-order valence-electron chi connectivity index (χ1n) is 4.89. The molecule has 0 saturated carbocycles. The second kappa shape index (κ2) is 5.33. The summed E-state index contributed by atoms with van der Waals surface area (Å²) in [5.74, 6) is 0.820. The Balaban J connectivity index is 3.00. The zero-order valence-corrected chi connectivity index (χ0v) is 10.6. The van der Waals surface area contributed by atoms with Gasteiger partial charge in [0.05, 0.1) is 0 Å². The minimum atomic E-state index is -0.0467. The summed E-state index contributed by atoms with van der Waals surface area (Å²) in [5, 5.41) is 0. The van der Waals surface area contributed by atoms with E-state index in [0.29, 0.717) is 0 Å².